The number of anilines is 1. The van der Waals surface area contributed by atoms with E-state index in [2.05, 4.69) is 5.32 Å². The van der Waals surface area contributed by atoms with Crippen LogP contribution in [0.4, 0.5) is 9.39 Å². The molecule has 1 aromatic heterocycles. The van der Waals surface area contributed by atoms with Gasteiger partial charge >= 0.3 is 0 Å². The van der Waals surface area contributed by atoms with Gasteiger partial charge in [0.1, 0.15) is 0 Å². The van der Waals surface area contributed by atoms with Crippen LogP contribution in [-0.4, -0.2) is 7.05 Å². The third kappa shape index (κ3) is 0.980. The zero-order chi connectivity index (χ0) is 5.98. The Bertz CT molecular complexity index is 173. The predicted octanol–water partition coefficient (Wildman–Crippen LogP) is 1.93. The van der Waals surface area contributed by atoms with E-state index in [1.54, 1.807) is 13.1 Å². The standard InChI is InChI=1S/C5H6FNS/c1-7-5-3-2-4(6)8-5/h2-3,7H,1H3. The van der Waals surface area contributed by atoms with Crippen molar-refractivity contribution in [3.8, 4) is 0 Å². The van der Waals surface area contributed by atoms with E-state index in [9.17, 15) is 4.39 Å². The molecular formula is C5H6FNS. The van der Waals surface area contributed by atoms with Gasteiger partial charge in [0.2, 0.25) is 0 Å². The second-order valence-electron chi connectivity index (χ2n) is 1.35. The quantitative estimate of drug-likeness (QED) is 0.614. The topological polar surface area (TPSA) is 12.0 Å². The maximum absolute atomic E-state index is 12.1. The van der Waals surface area contributed by atoms with E-state index >= 15 is 0 Å². The molecule has 0 spiro atoms. The van der Waals surface area contributed by atoms with Gasteiger partial charge in [0.25, 0.3) is 0 Å². The maximum atomic E-state index is 12.1. The first-order valence-electron chi connectivity index (χ1n) is 2.26. The van der Waals surface area contributed by atoms with Crippen molar-refractivity contribution in [3.63, 3.8) is 0 Å². The lowest BCUT2D eigenvalue weighted by atomic mass is 10.6. The van der Waals surface area contributed by atoms with Crippen LogP contribution < -0.4 is 5.32 Å². The van der Waals surface area contributed by atoms with Crippen molar-refractivity contribution >= 4 is 16.3 Å². The molecule has 0 unspecified atom stereocenters. The summed E-state index contributed by atoms with van der Waals surface area (Å²) in [7, 11) is 1.77. The zero-order valence-electron chi connectivity index (χ0n) is 4.44. The van der Waals surface area contributed by atoms with Crippen molar-refractivity contribution in [2.75, 3.05) is 12.4 Å². The summed E-state index contributed by atoms with van der Waals surface area (Å²) in [5.41, 5.74) is 0. The smallest absolute Gasteiger partial charge is 0.178 e. The number of nitrogens with one attached hydrogen (secondary N) is 1. The van der Waals surface area contributed by atoms with Gasteiger partial charge in [-0.15, -0.1) is 0 Å². The van der Waals surface area contributed by atoms with Crippen LogP contribution in [0, 0.1) is 5.13 Å². The molecule has 0 fully saturated rings. The average molecular weight is 131 g/mol. The molecule has 0 bridgehead atoms. The van der Waals surface area contributed by atoms with Crippen LogP contribution in [0.3, 0.4) is 0 Å². The van der Waals surface area contributed by atoms with E-state index in [1.165, 1.54) is 6.07 Å². The van der Waals surface area contributed by atoms with Crippen LogP contribution in [0.2, 0.25) is 0 Å². The highest BCUT2D eigenvalue weighted by Gasteiger charge is 1.92. The maximum Gasteiger partial charge on any atom is 0.178 e. The summed E-state index contributed by atoms with van der Waals surface area (Å²) >= 11 is 1.11. The van der Waals surface area contributed by atoms with Gasteiger partial charge in [-0.1, -0.05) is 11.3 Å². The largest absolute Gasteiger partial charge is 0.380 e. The third-order valence-electron chi connectivity index (χ3n) is 0.820. The summed E-state index contributed by atoms with van der Waals surface area (Å²) < 4.78 is 12.1. The molecule has 0 amide bonds. The normalized spacial score (nSPS) is 9.25. The molecule has 3 heteroatoms. The zero-order valence-corrected chi connectivity index (χ0v) is 5.26. The number of rotatable bonds is 1. The van der Waals surface area contributed by atoms with Gasteiger partial charge < -0.3 is 5.32 Å². The second-order valence-corrected chi connectivity index (χ2v) is 2.39. The molecule has 0 aliphatic heterocycles. The highest BCUT2D eigenvalue weighted by molar-refractivity contribution is 7.14. The molecule has 0 atom stereocenters. The highest BCUT2D eigenvalue weighted by Crippen LogP contribution is 2.18. The highest BCUT2D eigenvalue weighted by atomic mass is 32.1. The second kappa shape index (κ2) is 2.13. The predicted molar refractivity (Wildman–Crippen MR) is 33.8 cm³/mol. The van der Waals surface area contributed by atoms with Crippen molar-refractivity contribution in [1.82, 2.24) is 0 Å². The summed E-state index contributed by atoms with van der Waals surface area (Å²) in [4.78, 5) is 0. The molecule has 1 rings (SSSR count). The van der Waals surface area contributed by atoms with E-state index in [0.29, 0.717) is 0 Å². The van der Waals surface area contributed by atoms with Crippen molar-refractivity contribution in [3.05, 3.63) is 17.3 Å². The molecule has 0 saturated heterocycles. The summed E-state index contributed by atoms with van der Waals surface area (Å²) in [5.74, 6) is 0. The Hall–Kier alpha value is -0.570. The first-order chi connectivity index (χ1) is 3.83. The van der Waals surface area contributed by atoms with Gasteiger partial charge in [-0.2, -0.15) is 4.39 Å². The fraction of sp³-hybridized carbons (Fsp3) is 0.200. The van der Waals surface area contributed by atoms with Gasteiger partial charge in [-0.25, -0.2) is 0 Å². The molecule has 1 heterocycles. The SMILES string of the molecule is CNc1ccc(F)s1. The van der Waals surface area contributed by atoms with Crippen LogP contribution in [0.25, 0.3) is 0 Å². The summed E-state index contributed by atoms with van der Waals surface area (Å²) in [6.07, 6.45) is 0. The van der Waals surface area contributed by atoms with Crippen molar-refractivity contribution in [2.24, 2.45) is 0 Å². The van der Waals surface area contributed by atoms with E-state index in [4.69, 9.17) is 0 Å². The molecule has 8 heavy (non-hydrogen) atoms. The fourth-order valence-electron chi connectivity index (χ4n) is 0.449. The first kappa shape index (κ1) is 5.56. The van der Waals surface area contributed by atoms with E-state index < -0.39 is 0 Å². The van der Waals surface area contributed by atoms with Crippen LogP contribution in [-0.2, 0) is 0 Å². The molecule has 0 radical (unpaired) electrons. The Morgan fingerprint density at radius 3 is 2.62 bits per heavy atom. The van der Waals surface area contributed by atoms with Crippen molar-refractivity contribution in [1.29, 1.82) is 0 Å². The van der Waals surface area contributed by atoms with Gasteiger partial charge in [-0.05, 0) is 12.1 Å². The number of thiophene rings is 1. The van der Waals surface area contributed by atoms with E-state index in [0.717, 1.165) is 16.3 Å². The van der Waals surface area contributed by atoms with Crippen LogP contribution >= 0.6 is 11.3 Å². The van der Waals surface area contributed by atoms with Gasteiger partial charge in [0, 0.05) is 7.05 Å². The molecule has 1 aromatic rings. The van der Waals surface area contributed by atoms with Crippen LogP contribution in [0.5, 0.6) is 0 Å². The minimum atomic E-state index is -0.144. The number of halogens is 1. The Balaban J connectivity index is 2.84. The summed E-state index contributed by atoms with van der Waals surface area (Å²) in [6, 6.07) is 3.15. The lowest BCUT2D eigenvalue weighted by Crippen LogP contribution is -1.79. The Morgan fingerprint density at radius 2 is 2.38 bits per heavy atom. The van der Waals surface area contributed by atoms with Gasteiger partial charge in [0.05, 0.1) is 5.00 Å². The van der Waals surface area contributed by atoms with Crippen LogP contribution in [0.1, 0.15) is 0 Å². The Kier molecular flexibility index (Phi) is 1.48. The molecule has 1 nitrogen and oxygen atoms in total. The van der Waals surface area contributed by atoms with E-state index in [-0.39, 0.29) is 5.13 Å². The Morgan fingerprint density at radius 1 is 1.62 bits per heavy atom. The lowest BCUT2D eigenvalue weighted by Gasteiger charge is -1.86. The minimum absolute atomic E-state index is 0.144. The third-order valence-corrected chi connectivity index (χ3v) is 1.71. The van der Waals surface area contributed by atoms with Gasteiger partial charge in [0.15, 0.2) is 5.13 Å². The minimum Gasteiger partial charge on any atom is -0.380 e. The van der Waals surface area contributed by atoms with E-state index in [1.807, 2.05) is 0 Å². The first-order valence-corrected chi connectivity index (χ1v) is 3.07. The average Bonchev–Trinajstić information content (AvgIpc) is 2.14. The molecular weight excluding hydrogens is 125 g/mol. The molecule has 0 saturated carbocycles. The fourth-order valence-corrected chi connectivity index (χ4v) is 1.03. The monoisotopic (exact) mass is 131 g/mol. The molecule has 1 N–H and O–H groups in total. The summed E-state index contributed by atoms with van der Waals surface area (Å²) in [6.45, 7) is 0. The van der Waals surface area contributed by atoms with Crippen LogP contribution in [0.15, 0.2) is 12.1 Å². The van der Waals surface area contributed by atoms with Crippen molar-refractivity contribution < 1.29 is 4.39 Å². The Labute approximate surface area is 51.2 Å². The van der Waals surface area contributed by atoms with Crippen molar-refractivity contribution in [2.45, 2.75) is 0 Å². The molecule has 0 aliphatic rings. The molecule has 44 valence electrons. The number of hydrogen-bond acceptors (Lipinski definition) is 2. The van der Waals surface area contributed by atoms with Gasteiger partial charge in [-0.3, -0.25) is 0 Å². The molecule has 0 aliphatic carbocycles. The molecule has 0 aromatic carbocycles. The number of hydrogen-bond donors (Lipinski definition) is 1. The lowest BCUT2D eigenvalue weighted by molar-refractivity contribution is 0.657. The summed E-state index contributed by atoms with van der Waals surface area (Å²) in [5, 5.41) is 3.55.